The van der Waals surface area contributed by atoms with Gasteiger partial charge in [0.15, 0.2) is 16.7 Å². The van der Waals surface area contributed by atoms with E-state index in [4.69, 9.17) is 9.47 Å². The average molecular weight is 411 g/mol. The third-order valence-electron chi connectivity index (χ3n) is 4.69. The Balaban J connectivity index is 1.94. The van der Waals surface area contributed by atoms with Gasteiger partial charge in [0, 0.05) is 12.6 Å². The van der Waals surface area contributed by atoms with E-state index in [-0.39, 0.29) is 5.91 Å². The summed E-state index contributed by atoms with van der Waals surface area (Å²) < 4.78 is 11.3. The van der Waals surface area contributed by atoms with E-state index in [1.807, 2.05) is 49.4 Å². The number of aliphatic imine (C=N–C) groups is 1. The lowest BCUT2D eigenvalue weighted by atomic mass is 10.1. The van der Waals surface area contributed by atoms with Gasteiger partial charge >= 0.3 is 0 Å². The van der Waals surface area contributed by atoms with Crippen LogP contribution in [0.1, 0.15) is 30.0 Å². The first-order valence-electron chi connectivity index (χ1n) is 9.58. The summed E-state index contributed by atoms with van der Waals surface area (Å²) in [7, 11) is 3.36. The van der Waals surface area contributed by atoms with E-state index in [1.54, 1.807) is 19.1 Å². The summed E-state index contributed by atoms with van der Waals surface area (Å²) in [5, 5.41) is 0.656. The molecule has 1 heterocycles. The molecule has 1 aliphatic heterocycles. The number of ether oxygens (including phenoxy) is 2. The second kappa shape index (κ2) is 9.18. The molecule has 3 rings (SSSR count). The van der Waals surface area contributed by atoms with Crippen molar-refractivity contribution >= 4 is 34.6 Å². The summed E-state index contributed by atoms with van der Waals surface area (Å²) in [6, 6.07) is 11.7. The van der Waals surface area contributed by atoms with Crippen LogP contribution in [0.5, 0.6) is 11.5 Å². The van der Waals surface area contributed by atoms with Gasteiger partial charge in [0.05, 0.1) is 24.3 Å². The van der Waals surface area contributed by atoms with Crippen molar-refractivity contribution in [1.29, 1.82) is 0 Å². The van der Waals surface area contributed by atoms with Gasteiger partial charge in [-0.2, -0.15) is 0 Å². The Kier molecular flexibility index (Phi) is 6.64. The lowest BCUT2D eigenvalue weighted by Crippen LogP contribution is -2.23. The maximum Gasteiger partial charge on any atom is 0.266 e. The van der Waals surface area contributed by atoms with Crippen LogP contribution < -0.4 is 9.47 Å². The van der Waals surface area contributed by atoms with Crippen LogP contribution in [0.4, 0.5) is 5.69 Å². The standard InChI is InChI=1S/C23H26N2O3S/c1-6-12-28-21-17(8-7-9-19(21)27-5)14-20-22(26)25(4)23(29-20)24-18-11-10-15(2)16(3)13-18/h7-11,13-14H,6,12H2,1-5H3/b20-14+,24-23?. The monoisotopic (exact) mass is 410 g/mol. The Morgan fingerprint density at radius 2 is 1.97 bits per heavy atom. The SMILES string of the molecule is CCCOc1c(/C=C2/SC(=Nc3ccc(C)c(C)c3)N(C)C2=O)cccc1OC. The third-order valence-corrected chi connectivity index (χ3v) is 5.75. The van der Waals surface area contributed by atoms with Gasteiger partial charge in [-0.3, -0.25) is 9.69 Å². The summed E-state index contributed by atoms with van der Waals surface area (Å²) in [6.07, 6.45) is 2.73. The maximum atomic E-state index is 12.8. The Morgan fingerprint density at radius 3 is 2.66 bits per heavy atom. The molecule has 0 unspecified atom stereocenters. The fourth-order valence-electron chi connectivity index (χ4n) is 2.86. The normalized spacial score (nSPS) is 16.7. The zero-order chi connectivity index (χ0) is 21.0. The third kappa shape index (κ3) is 4.65. The molecule has 6 heteroatoms. The first-order valence-corrected chi connectivity index (χ1v) is 10.4. The first kappa shape index (κ1) is 21.0. The topological polar surface area (TPSA) is 51.1 Å². The number of amides is 1. The van der Waals surface area contributed by atoms with E-state index in [0.717, 1.165) is 17.7 Å². The van der Waals surface area contributed by atoms with Crippen molar-refractivity contribution in [3.05, 3.63) is 58.0 Å². The minimum absolute atomic E-state index is 0.0816. The summed E-state index contributed by atoms with van der Waals surface area (Å²) in [5.74, 6) is 1.22. The Labute approximate surface area is 176 Å². The number of likely N-dealkylation sites (N-methyl/N-ethyl adjacent to an activating group) is 1. The van der Waals surface area contributed by atoms with Crippen LogP contribution in [0.3, 0.4) is 0 Å². The largest absolute Gasteiger partial charge is 0.493 e. The average Bonchev–Trinajstić information content (AvgIpc) is 2.97. The number of methoxy groups -OCH3 is 1. The first-order chi connectivity index (χ1) is 13.9. The van der Waals surface area contributed by atoms with Crippen LogP contribution >= 0.6 is 11.8 Å². The van der Waals surface area contributed by atoms with E-state index in [2.05, 4.69) is 18.8 Å². The molecule has 29 heavy (non-hydrogen) atoms. The number of thioether (sulfide) groups is 1. The number of para-hydroxylation sites is 1. The number of hydrogen-bond acceptors (Lipinski definition) is 5. The zero-order valence-electron chi connectivity index (χ0n) is 17.5. The highest BCUT2D eigenvalue weighted by molar-refractivity contribution is 8.18. The van der Waals surface area contributed by atoms with E-state index < -0.39 is 0 Å². The van der Waals surface area contributed by atoms with Crippen LogP contribution in [0.15, 0.2) is 46.3 Å². The predicted molar refractivity (Wildman–Crippen MR) is 120 cm³/mol. The van der Waals surface area contributed by atoms with Gasteiger partial charge in [0.25, 0.3) is 5.91 Å². The van der Waals surface area contributed by atoms with Crippen LogP contribution in [-0.2, 0) is 4.79 Å². The molecule has 2 aromatic rings. The molecule has 0 aromatic heterocycles. The maximum absolute atomic E-state index is 12.8. The second-order valence-electron chi connectivity index (χ2n) is 6.86. The molecule has 1 aliphatic rings. The quantitative estimate of drug-likeness (QED) is 0.604. The smallest absolute Gasteiger partial charge is 0.266 e. The molecule has 2 aromatic carbocycles. The highest BCUT2D eigenvalue weighted by Gasteiger charge is 2.30. The number of carbonyl (C=O) groups is 1. The molecule has 0 aliphatic carbocycles. The van der Waals surface area contributed by atoms with Crippen LogP contribution in [-0.4, -0.2) is 36.7 Å². The zero-order valence-corrected chi connectivity index (χ0v) is 18.3. The lowest BCUT2D eigenvalue weighted by Gasteiger charge is -2.13. The Hall–Kier alpha value is -2.73. The number of carbonyl (C=O) groups excluding carboxylic acids is 1. The van der Waals surface area contributed by atoms with Crippen molar-refractivity contribution in [1.82, 2.24) is 4.90 Å². The molecule has 0 bridgehead atoms. The molecule has 152 valence electrons. The molecule has 1 saturated heterocycles. The van der Waals surface area contributed by atoms with Crippen LogP contribution in [0.25, 0.3) is 6.08 Å². The molecule has 0 spiro atoms. The number of nitrogens with zero attached hydrogens (tertiary/aromatic N) is 2. The van der Waals surface area contributed by atoms with E-state index >= 15 is 0 Å². The molecule has 5 nitrogen and oxygen atoms in total. The minimum Gasteiger partial charge on any atom is -0.493 e. The Morgan fingerprint density at radius 1 is 1.17 bits per heavy atom. The van der Waals surface area contributed by atoms with Gasteiger partial charge in [0.2, 0.25) is 0 Å². The summed E-state index contributed by atoms with van der Waals surface area (Å²) in [6.45, 7) is 6.76. The van der Waals surface area contributed by atoms with Crippen molar-refractivity contribution in [3.63, 3.8) is 0 Å². The van der Waals surface area contributed by atoms with Crippen molar-refractivity contribution in [3.8, 4) is 11.5 Å². The molecular weight excluding hydrogens is 384 g/mol. The number of aryl methyl sites for hydroxylation is 2. The van der Waals surface area contributed by atoms with Crippen molar-refractivity contribution in [2.75, 3.05) is 20.8 Å². The van der Waals surface area contributed by atoms with Gasteiger partial charge in [-0.15, -0.1) is 0 Å². The summed E-state index contributed by atoms with van der Waals surface area (Å²) in [4.78, 5) is 19.7. The van der Waals surface area contributed by atoms with E-state index in [0.29, 0.717) is 28.2 Å². The summed E-state index contributed by atoms with van der Waals surface area (Å²) in [5.41, 5.74) is 4.05. The molecule has 0 atom stereocenters. The second-order valence-corrected chi connectivity index (χ2v) is 7.87. The number of rotatable bonds is 6. The highest BCUT2D eigenvalue weighted by Crippen LogP contribution is 2.37. The highest BCUT2D eigenvalue weighted by atomic mass is 32.2. The van der Waals surface area contributed by atoms with Gasteiger partial charge in [-0.25, -0.2) is 4.99 Å². The van der Waals surface area contributed by atoms with E-state index in [9.17, 15) is 4.79 Å². The van der Waals surface area contributed by atoms with Gasteiger partial charge in [-0.1, -0.05) is 25.1 Å². The van der Waals surface area contributed by atoms with E-state index in [1.165, 1.54) is 22.9 Å². The van der Waals surface area contributed by atoms with Crippen molar-refractivity contribution in [2.24, 2.45) is 4.99 Å². The number of benzene rings is 2. The molecule has 0 N–H and O–H groups in total. The van der Waals surface area contributed by atoms with Crippen molar-refractivity contribution < 1.29 is 14.3 Å². The lowest BCUT2D eigenvalue weighted by molar-refractivity contribution is -0.121. The molecule has 1 fully saturated rings. The molecular formula is C23H26N2O3S. The van der Waals surface area contributed by atoms with Gasteiger partial charge < -0.3 is 9.47 Å². The molecule has 0 saturated carbocycles. The number of hydrogen-bond donors (Lipinski definition) is 0. The van der Waals surface area contributed by atoms with Crippen LogP contribution in [0.2, 0.25) is 0 Å². The Bertz CT molecular complexity index is 982. The minimum atomic E-state index is -0.0816. The predicted octanol–water partition coefficient (Wildman–Crippen LogP) is 5.33. The van der Waals surface area contributed by atoms with Gasteiger partial charge in [-0.05, 0) is 67.4 Å². The fraction of sp³-hybridized carbons (Fsp3) is 0.304. The van der Waals surface area contributed by atoms with Crippen LogP contribution in [0, 0.1) is 13.8 Å². The van der Waals surface area contributed by atoms with Crippen molar-refractivity contribution in [2.45, 2.75) is 27.2 Å². The number of amidine groups is 1. The summed E-state index contributed by atoms with van der Waals surface area (Å²) >= 11 is 1.36. The molecule has 0 radical (unpaired) electrons. The van der Waals surface area contributed by atoms with Gasteiger partial charge in [0.1, 0.15) is 0 Å². The fourth-order valence-corrected chi connectivity index (χ4v) is 3.84. The molecule has 1 amide bonds.